The van der Waals surface area contributed by atoms with Gasteiger partial charge in [-0.3, -0.25) is 0 Å². The third-order valence-corrected chi connectivity index (χ3v) is 3.76. The van der Waals surface area contributed by atoms with Crippen LogP contribution in [0.5, 0.6) is 0 Å². The van der Waals surface area contributed by atoms with Crippen molar-refractivity contribution in [1.29, 1.82) is 0 Å². The number of hydrogen-bond donors (Lipinski definition) is 4. The van der Waals surface area contributed by atoms with Gasteiger partial charge in [-0.2, -0.15) is 0 Å². The summed E-state index contributed by atoms with van der Waals surface area (Å²) in [6.07, 6.45) is 1.66. The number of amides is 2. The van der Waals surface area contributed by atoms with Gasteiger partial charge in [0, 0.05) is 16.6 Å². The van der Waals surface area contributed by atoms with Crippen molar-refractivity contribution in [2.45, 2.75) is 24.9 Å². The molecule has 7 heteroatoms. The van der Waals surface area contributed by atoms with E-state index in [1.165, 1.54) is 0 Å². The molecule has 0 aliphatic carbocycles. The number of piperidine rings is 1. The maximum Gasteiger partial charge on any atom is 0.331 e. The van der Waals surface area contributed by atoms with E-state index < -0.39 is 18.0 Å². The van der Waals surface area contributed by atoms with Gasteiger partial charge >= 0.3 is 12.0 Å². The number of carbonyl (C=O) groups excluding carboxylic acids is 1. The SMILES string of the molecule is O=C(NC1CCNCC1)N[C@@H](C(=O)O)c1ccccc1Cl. The Morgan fingerprint density at radius 1 is 1.29 bits per heavy atom. The van der Waals surface area contributed by atoms with E-state index in [2.05, 4.69) is 16.0 Å². The molecule has 1 saturated heterocycles. The number of aliphatic carboxylic acids is 1. The predicted molar refractivity (Wildman–Crippen MR) is 79.4 cm³/mol. The molecule has 1 fully saturated rings. The molecule has 1 aromatic carbocycles. The Bertz CT molecular complexity index is 518. The Kier molecular flexibility index (Phi) is 5.41. The molecule has 0 saturated carbocycles. The first kappa shape index (κ1) is 15.6. The van der Waals surface area contributed by atoms with Crippen LogP contribution in [-0.4, -0.2) is 36.2 Å². The van der Waals surface area contributed by atoms with Crippen LogP contribution >= 0.6 is 11.6 Å². The molecule has 0 spiro atoms. The molecule has 1 atom stereocenters. The molecule has 0 radical (unpaired) electrons. The molecule has 114 valence electrons. The van der Waals surface area contributed by atoms with Gasteiger partial charge in [0.25, 0.3) is 0 Å². The smallest absolute Gasteiger partial charge is 0.331 e. The number of carboxylic acid groups (broad SMARTS) is 1. The van der Waals surface area contributed by atoms with E-state index in [-0.39, 0.29) is 6.04 Å². The van der Waals surface area contributed by atoms with Gasteiger partial charge in [-0.05, 0) is 32.0 Å². The zero-order chi connectivity index (χ0) is 15.2. The molecule has 0 unspecified atom stereocenters. The second kappa shape index (κ2) is 7.28. The molecule has 0 aromatic heterocycles. The van der Waals surface area contributed by atoms with Gasteiger partial charge < -0.3 is 21.1 Å². The van der Waals surface area contributed by atoms with Crippen LogP contribution in [0.1, 0.15) is 24.4 Å². The van der Waals surface area contributed by atoms with E-state index in [0.29, 0.717) is 10.6 Å². The first-order valence-electron chi connectivity index (χ1n) is 6.83. The molecule has 0 bridgehead atoms. The zero-order valence-corrected chi connectivity index (χ0v) is 12.2. The normalized spacial score (nSPS) is 17.0. The fourth-order valence-electron chi connectivity index (χ4n) is 2.31. The number of carboxylic acids is 1. The monoisotopic (exact) mass is 311 g/mol. The standard InChI is InChI=1S/C14H18ClN3O3/c15-11-4-2-1-3-10(11)12(13(19)20)18-14(21)17-9-5-7-16-8-6-9/h1-4,9,12,16H,5-8H2,(H,19,20)(H2,17,18,21)/t12-/m1/s1. The quantitative estimate of drug-likeness (QED) is 0.678. The van der Waals surface area contributed by atoms with Crippen molar-refractivity contribution in [3.05, 3.63) is 34.9 Å². The number of rotatable bonds is 4. The highest BCUT2D eigenvalue weighted by molar-refractivity contribution is 6.31. The van der Waals surface area contributed by atoms with Crippen LogP contribution in [0.3, 0.4) is 0 Å². The van der Waals surface area contributed by atoms with Crippen LogP contribution in [0.4, 0.5) is 4.79 Å². The van der Waals surface area contributed by atoms with Crippen molar-refractivity contribution < 1.29 is 14.7 Å². The summed E-state index contributed by atoms with van der Waals surface area (Å²) in [5, 5.41) is 18.1. The highest BCUT2D eigenvalue weighted by atomic mass is 35.5. The van der Waals surface area contributed by atoms with E-state index in [1.54, 1.807) is 24.3 Å². The minimum Gasteiger partial charge on any atom is -0.479 e. The number of halogens is 1. The Morgan fingerprint density at radius 2 is 1.95 bits per heavy atom. The molecular formula is C14H18ClN3O3. The van der Waals surface area contributed by atoms with Crippen LogP contribution < -0.4 is 16.0 Å². The average Bonchev–Trinajstić information content (AvgIpc) is 2.46. The van der Waals surface area contributed by atoms with Crippen LogP contribution in [0, 0.1) is 0 Å². The molecule has 1 aliphatic heterocycles. The molecule has 21 heavy (non-hydrogen) atoms. The third-order valence-electron chi connectivity index (χ3n) is 3.41. The van der Waals surface area contributed by atoms with Crippen molar-refractivity contribution in [1.82, 2.24) is 16.0 Å². The summed E-state index contributed by atoms with van der Waals surface area (Å²) in [6, 6.07) is 4.98. The van der Waals surface area contributed by atoms with Crippen molar-refractivity contribution in [3.8, 4) is 0 Å². The van der Waals surface area contributed by atoms with Gasteiger partial charge in [-0.25, -0.2) is 9.59 Å². The minimum absolute atomic E-state index is 0.0620. The predicted octanol–water partition coefficient (Wildman–Crippen LogP) is 1.52. The molecular weight excluding hydrogens is 294 g/mol. The highest BCUT2D eigenvalue weighted by Gasteiger charge is 2.25. The van der Waals surface area contributed by atoms with E-state index in [1.807, 2.05) is 0 Å². The average molecular weight is 312 g/mol. The van der Waals surface area contributed by atoms with E-state index >= 15 is 0 Å². The fraction of sp³-hybridized carbons (Fsp3) is 0.429. The van der Waals surface area contributed by atoms with E-state index in [4.69, 9.17) is 11.6 Å². The Morgan fingerprint density at radius 3 is 2.57 bits per heavy atom. The lowest BCUT2D eigenvalue weighted by Crippen LogP contribution is -2.48. The second-order valence-corrected chi connectivity index (χ2v) is 5.34. The maximum atomic E-state index is 12.0. The van der Waals surface area contributed by atoms with Gasteiger partial charge in [0.05, 0.1) is 0 Å². The molecule has 2 rings (SSSR count). The Hall–Kier alpha value is -1.79. The van der Waals surface area contributed by atoms with Crippen molar-refractivity contribution >= 4 is 23.6 Å². The van der Waals surface area contributed by atoms with E-state index in [9.17, 15) is 14.7 Å². The van der Waals surface area contributed by atoms with E-state index in [0.717, 1.165) is 25.9 Å². The Balaban J connectivity index is 2.01. The van der Waals surface area contributed by atoms with Gasteiger partial charge in [-0.15, -0.1) is 0 Å². The number of nitrogens with one attached hydrogen (secondary N) is 3. The summed E-state index contributed by atoms with van der Waals surface area (Å²) >= 11 is 6.00. The van der Waals surface area contributed by atoms with Gasteiger partial charge in [0.2, 0.25) is 0 Å². The van der Waals surface area contributed by atoms with Crippen LogP contribution in [0.2, 0.25) is 5.02 Å². The molecule has 1 heterocycles. The second-order valence-electron chi connectivity index (χ2n) is 4.93. The fourth-order valence-corrected chi connectivity index (χ4v) is 2.55. The first-order valence-corrected chi connectivity index (χ1v) is 7.20. The summed E-state index contributed by atoms with van der Waals surface area (Å²) in [5.41, 5.74) is 0.368. The van der Waals surface area contributed by atoms with Gasteiger partial charge in [0.1, 0.15) is 0 Å². The van der Waals surface area contributed by atoms with Crippen molar-refractivity contribution in [2.75, 3.05) is 13.1 Å². The minimum atomic E-state index is -1.17. The lowest BCUT2D eigenvalue weighted by Gasteiger charge is -2.25. The highest BCUT2D eigenvalue weighted by Crippen LogP contribution is 2.22. The summed E-state index contributed by atoms with van der Waals surface area (Å²) in [6.45, 7) is 1.69. The zero-order valence-electron chi connectivity index (χ0n) is 11.4. The Labute approximate surface area is 127 Å². The molecule has 1 aromatic rings. The third kappa shape index (κ3) is 4.34. The van der Waals surface area contributed by atoms with Gasteiger partial charge in [0.15, 0.2) is 6.04 Å². The summed E-state index contributed by atoms with van der Waals surface area (Å²) < 4.78 is 0. The molecule has 2 amide bonds. The largest absolute Gasteiger partial charge is 0.479 e. The molecule has 6 nitrogen and oxygen atoms in total. The number of hydrogen-bond acceptors (Lipinski definition) is 3. The summed E-state index contributed by atoms with van der Waals surface area (Å²) in [4.78, 5) is 23.3. The molecule has 4 N–H and O–H groups in total. The maximum absolute atomic E-state index is 12.0. The topological polar surface area (TPSA) is 90.5 Å². The number of urea groups is 1. The lowest BCUT2D eigenvalue weighted by atomic mass is 10.1. The van der Waals surface area contributed by atoms with Crippen LogP contribution in [0.25, 0.3) is 0 Å². The first-order chi connectivity index (χ1) is 10.1. The van der Waals surface area contributed by atoms with Crippen LogP contribution in [-0.2, 0) is 4.79 Å². The van der Waals surface area contributed by atoms with Crippen molar-refractivity contribution in [2.24, 2.45) is 0 Å². The van der Waals surface area contributed by atoms with Crippen molar-refractivity contribution in [3.63, 3.8) is 0 Å². The lowest BCUT2D eigenvalue weighted by molar-refractivity contribution is -0.139. The van der Waals surface area contributed by atoms with Crippen LogP contribution in [0.15, 0.2) is 24.3 Å². The number of benzene rings is 1. The van der Waals surface area contributed by atoms with Gasteiger partial charge in [-0.1, -0.05) is 29.8 Å². The molecule has 1 aliphatic rings. The summed E-state index contributed by atoms with van der Waals surface area (Å²) in [5.74, 6) is -1.15. The summed E-state index contributed by atoms with van der Waals surface area (Å²) in [7, 11) is 0. The number of carbonyl (C=O) groups is 2.